The van der Waals surface area contributed by atoms with Crippen LogP contribution >= 0.6 is 11.3 Å². The first-order valence-electron chi connectivity index (χ1n) is 4.25. The van der Waals surface area contributed by atoms with Gasteiger partial charge in [-0.15, -0.1) is 11.3 Å². The van der Waals surface area contributed by atoms with Crippen LogP contribution in [0.1, 0.15) is 0 Å². The highest BCUT2D eigenvalue weighted by Gasteiger charge is 2.14. The van der Waals surface area contributed by atoms with Crippen molar-refractivity contribution in [2.24, 2.45) is 0 Å². The number of H-pyrrole nitrogens is 2. The van der Waals surface area contributed by atoms with E-state index >= 15 is 0 Å². The van der Waals surface area contributed by atoms with Crippen molar-refractivity contribution in [3.8, 4) is 22.1 Å². The normalized spacial score (nSPS) is 10.7. The van der Waals surface area contributed by atoms with Crippen molar-refractivity contribution in [3.63, 3.8) is 0 Å². The number of aromatic amines is 2. The van der Waals surface area contributed by atoms with Gasteiger partial charge in [-0.05, 0) is 6.07 Å². The molecule has 0 saturated heterocycles. The average molecular weight is 218 g/mol. The molecule has 0 spiro atoms. The predicted molar refractivity (Wildman–Crippen MR) is 55.1 cm³/mol. The zero-order chi connectivity index (χ0) is 10.1. The van der Waals surface area contributed by atoms with Gasteiger partial charge >= 0.3 is 0 Å². The Bertz CT molecular complexity index is 489. The molecule has 0 fully saturated rings. The zero-order valence-electron chi connectivity index (χ0n) is 7.51. The fourth-order valence-corrected chi connectivity index (χ4v) is 1.92. The lowest BCUT2D eigenvalue weighted by molar-refractivity contribution is 0.941. The Morgan fingerprint density at radius 3 is 2.80 bits per heavy atom. The van der Waals surface area contributed by atoms with E-state index in [1.807, 2.05) is 11.4 Å². The Labute approximate surface area is 88.4 Å². The molecule has 2 N–H and O–H groups in total. The fraction of sp³-hybridized carbons (Fsp3) is 0. The Hall–Kier alpha value is -2.02. The number of hydrogen-bond donors (Lipinski definition) is 2. The smallest absolute Gasteiger partial charge is 0.150 e. The van der Waals surface area contributed by atoms with Crippen molar-refractivity contribution in [1.82, 2.24) is 30.6 Å². The van der Waals surface area contributed by atoms with Gasteiger partial charge in [0.05, 0.1) is 5.69 Å². The summed E-state index contributed by atoms with van der Waals surface area (Å²) in [5.74, 6) is 0. The molecule has 0 unspecified atom stereocenters. The Morgan fingerprint density at radius 1 is 1.13 bits per heavy atom. The van der Waals surface area contributed by atoms with Crippen LogP contribution in [0.15, 0.2) is 23.8 Å². The molecule has 15 heavy (non-hydrogen) atoms. The molecule has 0 saturated carbocycles. The van der Waals surface area contributed by atoms with Crippen LogP contribution < -0.4 is 0 Å². The van der Waals surface area contributed by atoms with Gasteiger partial charge in [0.25, 0.3) is 0 Å². The first-order valence-corrected chi connectivity index (χ1v) is 5.13. The Kier molecular flexibility index (Phi) is 1.82. The van der Waals surface area contributed by atoms with Crippen LogP contribution in [0, 0.1) is 0 Å². The quantitative estimate of drug-likeness (QED) is 0.679. The second-order valence-electron chi connectivity index (χ2n) is 2.83. The van der Waals surface area contributed by atoms with E-state index in [-0.39, 0.29) is 0 Å². The van der Waals surface area contributed by atoms with E-state index in [1.165, 1.54) is 11.3 Å². The van der Waals surface area contributed by atoms with Crippen LogP contribution in [0.5, 0.6) is 0 Å². The van der Waals surface area contributed by atoms with Gasteiger partial charge in [0.2, 0.25) is 0 Å². The van der Waals surface area contributed by atoms with E-state index in [1.54, 1.807) is 12.4 Å². The summed E-state index contributed by atoms with van der Waals surface area (Å²) in [5.41, 5.74) is 2.31. The maximum absolute atomic E-state index is 4.19. The largest absolute Gasteiger partial charge is 0.276 e. The summed E-state index contributed by atoms with van der Waals surface area (Å²) >= 11 is 1.52. The monoisotopic (exact) mass is 218 g/mol. The lowest BCUT2D eigenvalue weighted by Crippen LogP contribution is -1.83. The summed E-state index contributed by atoms with van der Waals surface area (Å²) < 4.78 is 0. The SMILES string of the molecule is c1cc(-c2n[nH]nc2-c2nccs2)[nH]n1. The van der Waals surface area contributed by atoms with Gasteiger partial charge in [-0.3, -0.25) is 5.10 Å². The Morgan fingerprint density at radius 2 is 2.07 bits per heavy atom. The molecule has 0 amide bonds. The minimum atomic E-state index is 0.738. The molecule has 0 aromatic carbocycles. The highest BCUT2D eigenvalue weighted by molar-refractivity contribution is 7.13. The lowest BCUT2D eigenvalue weighted by Gasteiger charge is -1.92. The molecule has 0 bridgehead atoms. The molecule has 6 nitrogen and oxygen atoms in total. The highest BCUT2D eigenvalue weighted by Crippen LogP contribution is 2.27. The Balaban J connectivity index is 2.15. The molecule has 0 aliphatic carbocycles. The molecule has 3 rings (SSSR count). The maximum atomic E-state index is 4.19. The summed E-state index contributed by atoms with van der Waals surface area (Å²) in [6.07, 6.45) is 3.42. The van der Waals surface area contributed by atoms with E-state index in [9.17, 15) is 0 Å². The summed E-state index contributed by atoms with van der Waals surface area (Å²) in [6.45, 7) is 0. The molecular formula is C8H6N6S. The van der Waals surface area contributed by atoms with Gasteiger partial charge in [-0.25, -0.2) is 4.98 Å². The molecule has 0 aliphatic heterocycles. The van der Waals surface area contributed by atoms with Gasteiger partial charge in [-0.1, -0.05) is 0 Å². The molecule has 7 heteroatoms. The van der Waals surface area contributed by atoms with E-state index in [0.29, 0.717) is 0 Å². The third-order valence-electron chi connectivity index (χ3n) is 1.94. The molecule has 3 aromatic heterocycles. The standard InChI is InChI=1S/C8H6N6S/c1-2-10-11-5(1)6-7(13-14-12-6)8-9-3-4-15-8/h1-4H,(H,10,11)(H,12,13,14). The van der Waals surface area contributed by atoms with Gasteiger partial charge in [0, 0.05) is 17.8 Å². The van der Waals surface area contributed by atoms with E-state index in [2.05, 4.69) is 30.6 Å². The van der Waals surface area contributed by atoms with E-state index < -0.39 is 0 Å². The summed E-state index contributed by atoms with van der Waals surface area (Å²) in [7, 11) is 0. The van der Waals surface area contributed by atoms with Gasteiger partial charge in [-0.2, -0.15) is 20.5 Å². The first-order chi connectivity index (χ1) is 7.45. The van der Waals surface area contributed by atoms with Crippen molar-refractivity contribution >= 4 is 11.3 Å². The van der Waals surface area contributed by atoms with Crippen LogP contribution in [0.2, 0.25) is 0 Å². The summed E-state index contributed by atoms with van der Waals surface area (Å²) in [4.78, 5) is 4.19. The van der Waals surface area contributed by atoms with Crippen molar-refractivity contribution in [3.05, 3.63) is 23.8 Å². The number of thiazole rings is 1. The molecule has 0 atom stereocenters. The van der Waals surface area contributed by atoms with E-state index in [4.69, 9.17) is 0 Å². The molecule has 3 heterocycles. The molecule has 3 aromatic rings. The number of nitrogens with zero attached hydrogens (tertiary/aromatic N) is 4. The minimum absolute atomic E-state index is 0.738. The number of nitrogens with one attached hydrogen (secondary N) is 2. The summed E-state index contributed by atoms with van der Waals surface area (Å²) in [6, 6.07) is 1.84. The molecule has 0 aliphatic rings. The van der Waals surface area contributed by atoms with Gasteiger partial charge in [0.1, 0.15) is 10.7 Å². The second-order valence-corrected chi connectivity index (χ2v) is 3.72. The van der Waals surface area contributed by atoms with Gasteiger partial charge < -0.3 is 0 Å². The number of aromatic nitrogens is 6. The first kappa shape index (κ1) is 8.30. The van der Waals surface area contributed by atoms with Crippen LogP contribution in [0.3, 0.4) is 0 Å². The third kappa shape index (κ3) is 1.33. The fourth-order valence-electron chi connectivity index (χ4n) is 1.30. The van der Waals surface area contributed by atoms with Crippen molar-refractivity contribution in [2.75, 3.05) is 0 Å². The average Bonchev–Trinajstić information content (AvgIpc) is 3.01. The molecule has 0 radical (unpaired) electrons. The second kappa shape index (κ2) is 3.28. The van der Waals surface area contributed by atoms with Crippen LogP contribution in [0.25, 0.3) is 22.1 Å². The van der Waals surface area contributed by atoms with Crippen LogP contribution in [-0.4, -0.2) is 30.6 Å². The lowest BCUT2D eigenvalue weighted by atomic mass is 10.2. The van der Waals surface area contributed by atoms with Crippen molar-refractivity contribution < 1.29 is 0 Å². The predicted octanol–water partition coefficient (Wildman–Crippen LogP) is 1.32. The number of hydrogen-bond acceptors (Lipinski definition) is 5. The van der Waals surface area contributed by atoms with E-state index in [0.717, 1.165) is 22.1 Å². The summed E-state index contributed by atoms with van der Waals surface area (Å²) in [5, 5.41) is 20.2. The van der Waals surface area contributed by atoms with Crippen LogP contribution in [-0.2, 0) is 0 Å². The molecule has 74 valence electrons. The zero-order valence-corrected chi connectivity index (χ0v) is 8.32. The topological polar surface area (TPSA) is 83.1 Å². The third-order valence-corrected chi connectivity index (χ3v) is 2.72. The van der Waals surface area contributed by atoms with Gasteiger partial charge in [0.15, 0.2) is 5.69 Å². The number of rotatable bonds is 2. The highest BCUT2D eigenvalue weighted by atomic mass is 32.1. The van der Waals surface area contributed by atoms with Crippen molar-refractivity contribution in [1.29, 1.82) is 0 Å². The maximum Gasteiger partial charge on any atom is 0.150 e. The van der Waals surface area contributed by atoms with Crippen molar-refractivity contribution in [2.45, 2.75) is 0 Å². The minimum Gasteiger partial charge on any atom is -0.276 e. The van der Waals surface area contributed by atoms with Crippen LogP contribution in [0.4, 0.5) is 0 Å². The molecular weight excluding hydrogens is 212 g/mol.